The smallest absolute Gasteiger partial charge is 0.253 e. The number of aryl methyl sites for hydroxylation is 1. The molecule has 0 spiro atoms. The zero-order chi connectivity index (χ0) is 17.9. The first-order chi connectivity index (χ1) is 11.2. The number of sulfonamides is 1. The van der Waals surface area contributed by atoms with Crippen molar-refractivity contribution in [3.63, 3.8) is 0 Å². The molecule has 0 unspecified atom stereocenters. The summed E-state index contributed by atoms with van der Waals surface area (Å²) >= 11 is 5.99. The van der Waals surface area contributed by atoms with E-state index in [1.807, 2.05) is 0 Å². The number of hydrogen-bond donors (Lipinski definition) is 2. The van der Waals surface area contributed by atoms with Gasteiger partial charge in [-0.2, -0.15) is 0 Å². The van der Waals surface area contributed by atoms with Crippen LogP contribution in [0, 0.1) is 12.7 Å². The molecule has 0 atom stereocenters. The summed E-state index contributed by atoms with van der Waals surface area (Å²) in [7, 11) is -2.40. The molecule has 2 aromatic carbocycles. The number of nitrogens with one attached hydrogen (secondary N) is 2. The van der Waals surface area contributed by atoms with E-state index in [0.717, 1.165) is 5.56 Å². The summed E-state index contributed by atoms with van der Waals surface area (Å²) in [5, 5.41) is 2.78. The van der Waals surface area contributed by atoms with Crippen LogP contribution in [0.2, 0.25) is 5.02 Å². The highest BCUT2D eigenvalue weighted by molar-refractivity contribution is 7.89. The van der Waals surface area contributed by atoms with Crippen LogP contribution in [-0.4, -0.2) is 21.4 Å². The van der Waals surface area contributed by atoms with Crippen molar-refractivity contribution < 1.29 is 17.6 Å². The van der Waals surface area contributed by atoms with Gasteiger partial charge in [-0.05, 0) is 49.4 Å². The van der Waals surface area contributed by atoms with Crippen LogP contribution in [0.15, 0.2) is 41.3 Å². The van der Waals surface area contributed by atoms with Crippen LogP contribution >= 0.6 is 11.6 Å². The number of halogens is 2. The van der Waals surface area contributed by atoms with Crippen molar-refractivity contribution in [3.05, 3.63) is 63.9 Å². The lowest BCUT2D eigenvalue weighted by molar-refractivity contribution is 0.0951. The molecule has 0 saturated carbocycles. The van der Waals surface area contributed by atoms with Crippen LogP contribution < -0.4 is 10.0 Å². The van der Waals surface area contributed by atoms with E-state index in [1.54, 1.807) is 19.1 Å². The van der Waals surface area contributed by atoms with Crippen LogP contribution in [0.5, 0.6) is 0 Å². The quantitative estimate of drug-likeness (QED) is 0.849. The van der Waals surface area contributed by atoms with Crippen LogP contribution in [0.3, 0.4) is 0 Å². The molecule has 24 heavy (non-hydrogen) atoms. The third-order valence-electron chi connectivity index (χ3n) is 3.44. The highest BCUT2D eigenvalue weighted by atomic mass is 35.5. The third-order valence-corrected chi connectivity index (χ3v) is 5.18. The second-order valence-corrected chi connectivity index (χ2v) is 7.41. The molecule has 128 valence electrons. The lowest BCUT2D eigenvalue weighted by Crippen LogP contribution is -2.24. The van der Waals surface area contributed by atoms with Gasteiger partial charge in [-0.3, -0.25) is 4.79 Å². The molecule has 0 aliphatic heterocycles. The topological polar surface area (TPSA) is 75.3 Å². The molecule has 0 fully saturated rings. The summed E-state index contributed by atoms with van der Waals surface area (Å²) in [6.45, 7) is 1.79. The van der Waals surface area contributed by atoms with Crippen molar-refractivity contribution >= 4 is 27.5 Å². The number of carbonyl (C=O) groups is 1. The van der Waals surface area contributed by atoms with Gasteiger partial charge in [-0.15, -0.1) is 0 Å². The van der Waals surface area contributed by atoms with Gasteiger partial charge in [-0.1, -0.05) is 23.7 Å². The summed E-state index contributed by atoms with van der Waals surface area (Å²) in [5.74, 6) is -0.840. The minimum Gasteiger partial charge on any atom is -0.348 e. The molecular formula is C16H16ClFN2O3S. The largest absolute Gasteiger partial charge is 0.348 e. The highest BCUT2D eigenvalue weighted by Gasteiger charge is 2.17. The van der Waals surface area contributed by atoms with E-state index in [2.05, 4.69) is 10.0 Å². The molecule has 0 aliphatic rings. The van der Waals surface area contributed by atoms with Crippen molar-refractivity contribution in [1.29, 1.82) is 0 Å². The second-order valence-electron chi connectivity index (χ2n) is 5.12. The maximum Gasteiger partial charge on any atom is 0.253 e. The average molecular weight is 371 g/mol. The maximum absolute atomic E-state index is 13.2. The fourth-order valence-corrected chi connectivity index (χ4v) is 3.02. The number of benzene rings is 2. The number of rotatable bonds is 5. The molecule has 8 heteroatoms. The van der Waals surface area contributed by atoms with E-state index in [1.165, 1.54) is 31.3 Å². The van der Waals surface area contributed by atoms with Crippen molar-refractivity contribution in [2.45, 2.75) is 18.4 Å². The lowest BCUT2D eigenvalue weighted by Gasteiger charge is -2.10. The number of carbonyl (C=O) groups excluding carboxylic acids is 1. The number of amides is 1. The molecule has 0 heterocycles. The molecule has 2 N–H and O–H groups in total. The normalized spacial score (nSPS) is 11.3. The lowest BCUT2D eigenvalue weighted by atomic mass is 10.1. The van der Waals surface area contributed by atoms with Gasteiger partial charge in [-0.25, -0.2) is 17.5 Å². The maximum atomic E-state index is 13.2. The first-order valence-electron chi connectivity index (χ1n) is 7.01. The van der Waals surface area contributed by atoms with E-state index >= 15 is 0 Å². The monoisotopic (exact) mass is 370 g/mol. The van der Waals surface area contributed by atoms with E-state index < -0.39 is 15.9 Å². The Kier molecular flexibility index (Phi) is 5.58. The Labute approximate surface area is 144 Å². The molecule has 0 aromatic heterocycles. The Morgan fingerprint density at radius 2 is 1.92 bits per heavy atom. The van der Waals surface area contributed by atoms with Gasteiger partial charge in [0.2, 0.25) is 10.0 Å². The Morgan fingerprint density at radius 3 is 2.54 bits per heavy atom. The minimum atomic E-state index is -3.68. The van der Waals surface area contributed by atoms with Gasteiger partial charge in [0.05, 0.1) is 15.5 Å². The molecule has 0 bridgehead atoms. The molecular weight excluding hydrogens is 355 g/mol. The van der Waals surface area contributed by atoms with Crippen molar-refractivity contribution in [3.8, 4) is 0 Å². The zero-order valence-corrected chi connectivity index (χ0v) is 14.6. The van der Waals surface area contributed by atoms with E-state index in [0.29, 0.717) is 5.56 Å². The molecule has 0 aliphatic carbocycles. The van der Waals surface area contributed by atoms with Gasteiger partial charge in [0.1, 0.15) is 5.82 Å². The second kappa shape index (κ2) is 7.29. The highest BCUT2D eigenvalue weighted by Crippen LogP contribution is 2.20. The summed E-state index contributed by atoms with van der Waals surface area (Å²) in [5.41, 5.74) is 1.24. The first kappa shape index (κ1) is 18.4. The SMILES string of the molecule is CNS(=O)(=O)c1ccc(Cl)c(C(=O)NCc2ccc(F)c(C)c2)c1. The summed E-state index contributed by atoms with van der Waals surface area (Å²) < 4.78 is 39.0. The molecule has 1 amide bonds. The van der Waals surface area contributed by atoms with Crippen LogP contribution in [0.1, 0.15) is 21.5 Å². The van der Waals surface area contributed by atoms with Crippen LogP contribution in [-0.2, 0) is 16.6 Å². The standard InChI is InChI=1S/C16H16ClFN2O3S/c1-10-7-11(3-6-15(10)18)9-20-16(21)13-8-12(4-5-14(13)17)24(22,23)19-2/h3-8,19H,9H2,1-2H3,(H,20,21). The van der Waals surface area contributed by atoms with Crippen molar-refractivity contribution in [1.82, 2.24) is 10.0 Å². The van der Waals surface area contributed by atoms with Gasteiger partial charge >= 0.3 is 0 Å². The predicted octanol–water partition coefficient (Wildman–Crippen LogP) is 2.63. The van der Waals surface area contributed by atoms with Crippen LogP contribution in [0.25, 0.3) is 0 Å². The molecule has 0 saturated heterocycles. The summed E-state index contributed by atoms with van der Waals surface area (Å²) in [6.07, 6.45) is 0. The Bertz CT molecular complexity index is 885. The van der Waals surface area contributed by atoms with Gasteiger partial charge < -0.3 is 5.32 Å². The molecule has 5 nitrogen and oxygen atoms in total. The molecule has 0 radical (unpaired) electrons. The van der Waals surface area contributed by atoms with Gasteiger partial charge in [0, 0.05) is 6.54 Å². The Morgan fingerprint density at radius 1 is 1.21 bits per heavy atom. The minimum absolute atomic E-state index is 0.0480. The summed E-state index contributed by atoms with van der Waals surface area (Å²) in [6, 6.07) is 8.38. The zero-order valence-electron chi connectivity index (χ0n) is 13.1. The average Bonchev–Trinajstić information content (AvgIpc) is 2.55. The van der Waals surface area contributed by atoms with Gasteiger partial charge in [0.25, 0.3) is 5.91 Å². The van der Waals surface area contributed by atoms with Crippen molar-refractivity contribution in [2.24, 2.45) is 0 Å². The van der Waals surface area contributed by atoms with Crippen molar-refractivity contribution in [2.75, 3.05) is 7.05 Å². The van der Waals surface area contributed by atoms with E-state index in [-0.39, 0.29) is 27.8 Å². The van der Waals surface area contributed by atoms with Crippen LogP contribution in [0.4, 0.5) is 4.39 Å². The first-order valence-corrected chi connectivity index (χ1v) is 8.87. The third kappa shape index (κ3) is 4.11. The summed E-state index contributed by atoms with van der Waals surface area (Å²) in [4.78, 5) is 12.2. The Balaban J connectivity index is 2.20. The molecule has 2 aromatic rings. The predicted molar refractivity (Wildman–Crippen MR) is 90.0 cm³/mol. The fourth-order valence-electron chi connectivity index (χ4n) is 2.06. The van der Waals surface area contributed by atoms with E-state index in [4.69, 9.17) is 11.6 Å². The molecule has 2 rings (SSSR count). The van der Waals surface area contributed by atoms with E-state index in [9.17, 15) is 17.6 Å². The fraction of sp³-hybridized carbons (Fsp3) is 0.188. The Hall–Kier alpha value is -1.96. The van der Waals surface area contributed by atoms with Gasteiger partial charge in [0.15, 0.2) is 0 Å². The number of hydrogen-bond acceptors (Lipinski definition) is 3.